The Labute approximate surface area is 159 Å². The Morgan fingerprint density at radius 3 is 2.96 bits per heavy atom. The van der Waals surface area contributed by atoms with Crippen molar-refractivity contribution in [2.45, 2.75) is 31.8 Å². The van der Waals surface area contributed by atoms with Crippen molar-refractivity contribution in [2.75, 3.05) is 31.3 Å². The van der Waals surface area contributed by atoms with E-state index in [2.05, 4.69) is 10.3 Å². The average molecular weight is 385 g/mol. The van der Waals surface area contributed by atoms with Crippen LogP contribution in [0.5, 0.6) is 0 Å². The van der Waals surface area contributed by atoms with Crippen molar-refractivity contribution >= 4 is 36.0 Å². The van der Waals surface area contributed by atoms with E-state index in [0.29, 0.717) is 18.2 Å². The molecule has 1 aromatic heterocycles. The molecule has 2 aliphatic heterocycles. The van der Waals surface area contributed by atoms with E-state index < -0.39 is 0 Å². The fourth-order valence-corrected chi connectivity index (χ4v) is 4.10. The molecule has 3 heterocycles. The van der Waals surface area contributed by atoms with Gasteiger partial charge in [-0.2, -0.15) is 0 Å². The molecule has 3 rings (SSSR count). The summed E-state index contributed by atoms with van der Waals surface area (Å²) < 4.78 is 0. The standard InChI is InChI=1S/C17H24N4O2S.ClH/c22-16(11-20-13-24-12-17(20)23)21(10-14-4-1-2-8-19-14)15-5-3-7-18-9-6-15;/h1-2,4,8,15,18H,3,5-7,9-13H2;1H. The lowest BCUT2D eigenvalue weighted by atomic mass is 10.1. The lowest BCUT2D eigenvalue weighted by molar-refractivity contribution is -0.140. The van der Waals surface area contributed by atoms with Crippen molar-refractivity contribution in [3.63, 3.8) is 0 Å². The van der Waals surface area contributed by atoms with Gasteiger partial charge < -0.3 is 15.1 Å². The smallest absolute Gasteiger partial charge is 0.242 e. The highest BCUT2D eigenvalue weighted by atomic mass is 35.5. The van der Waals surface area contributed by atoms with Gasteiger partial charge in [0.1, 0.15) is 6.54 Å². The van der Waals surface area contributed by atoms with E-state index in [1.165, 1.54) is 0 Å². The summed E-state index contributed by atoms with van der Waals surface area (Å²) in [5, 5.41) is 3.39. The van der Waals surface area contributed by atoms with Gasteiger partial charge in [0, 0.05) is 12.2 Å². The molecule has 25 heavy (non-hydrogen) atoms. The van der Waals surface area contributed by atoms with Gasteiger partial charge in [-0.15, -0.1) is 24.2 Å². The number of nitrogens with one attached hydrogen (secondary N) is 1. The Bertz CT molecular complexity index is 567. The van der Waals surface area contributed by atoms with Crippen LogP contribution in [0.2, 0.25) is 0 Å². The third-order valence-corrected chi connectivity index (χ3v) is 5.46. The maximum atomic E-state index is 12.9. The van der Waals surface area contributed by atoms with Gasteiger partial charge in [-0.1, -0.05) is 6.07 Å². The summed E-state index contributed by atoms with van der Waals surface area (Å²) in [4.78, 5) is 32.7. The summed E-state index contributed by atoms with van der Waals surface area (Å²) in [6.45, 7) is 2.63. The first-order valence-electron chi connectivity index (χ1n) is 8.49. The number of carbonyl (C=O) groups excluding carboxylic acids is 2. The Balaban J connectivity index is 0.00000225. The van der Waals surface area contributed by atoms with E-state index in [0.717, 1.165) is 38.0 Å². The van der Waals surface area contributed by atoms with E-state index in [1.807, 2.05) is 23.1 Å². The van der Waals surface area contributed by atoms with Crippen LogP contribution in [0.15, 0.2) is 24.4 Å². The monoisotopic (exact) mass is 384 g/mol. The fourth-order valence-electron chi connectivity index (χ4n) is 3.19. The van der Waals surface area contributed by atoms with Gasteiger partial charge in [-0.05, 0) is 44.5 Å². The van der Waals surface area contributed by atoms with Crippen molar-refractivity contribution in [1.82, 2.24) is 20.1 Å². The molecule has 0 radical (unpaired) electrons. The van der Waals surface area contributed by atoms with Crippen molar-refractivity contribution < 1.29 is 9.59 Å². The van der Waals surface area contributed by atoms with E-state index in [9.17, 15) is 9.59 Å². The van der Waals surface area contributed by atoms with Crippen LogP contribution in [0, 0.1) is 0 Å². The summed E-state index contributed by atoms with van der Waals surface area (Å²) >= 11 is 1.57. The first-order valence-corrected chi connectivity index (χ1v) is 9.65. The predicted octanol–water partition coefficient (Wildman–Crippen LogP) is 1.51. The van der Waals surface area contributed by atoms with E-state index >= 15 is 0 Å². The molecule has 0 saturated carbocycles. The van der Waals surface area contributed by atoms with E-state index in [4.69, 9.17) is 0 Å². The molecular weight excluding hydrogens is 360 g/mol. The van der Waals surface area contributed by atoms with Crippen molar-refractivity contribution in [1.29, 1.82) is 0 Å². The Morgan fingerprint density at radius 2 is 2.24 bits per heavy atom. The summed E-state index contributed by atoms with van der Waals surface area (Å²) in [6, 6.07) is 5.98. The molecule has 0 aliphatic carbocycles. The first kappa shape index (κ1) is 20.0. The Morgan fingerprint density at radius 1 is 1.36 bits per heavy atom. The number of pyridine rings is 1. The number of aromatic nitrogens is 1. The second-order valence-electron chi connectivity index (χ2n) is 6.25. The number of thioether (sulfide) groups is 1. The number of hydrogen-bond donors (Lipinski definition) is 1. The molecule has 2 fully saturated rings. The van der Waals surface area contributed by atoms with Gasteiger partial charge in [0.2, 0.25) is 11.8 Å². The molecule has 0 aromatic carbocycles. The fraction of sp³-hybridized carbons (Fsp3) is 0.588. The molecule has 1 unspecified atom stereocenters. The minimum absolute atomic E-state index is 0. The SMILES string of the molecule is Cl.O=C1CSCN1CC(=O)N(Cc1ccccn1)C1CCCNCC1. The third-order valence-electron chi connectivity index (χ3n) is 4.52. The molecule has 1 N–H and O–H groups in total. The van der Waals surface area contributed by atoms with Crippen LogP contribution in [0.25, 0.3) is 0 Å². The molecule has 2 aliphatic rings. The number of nitrogens with zero attached hydrogens (tertiary/aromatic N) is 3. The van der Waals surface area contributed by atoms with E-state index in [1.54, 1.807) is 22.9 Å². The summed E-state index contributed by atoms with van der Waals surface area (Å²) in [5.74, 6) is 1.20. The predicted molar refractivity (Wildman–Crippen MR) is 102 cm³/mol. The molecule has 2 amide bonds. The minimum Gasteiger partial charge on any atom is -0.332 e. The van der Waals surface area contributed by atoms with Gasteiger partial charge in [-0.25, -0.2) is 0 Å². The summed E-state index contributed by atoms with van der Waals surface area (Å²) in [5.41, 5.74) is 0.894. The quantitative estimate of drug-likeness (QED) is 0.833. The molecule has 0 bridgehead atoms. The Hall–Kier alpha value is -1.31. The second-order valence-corrected chi connectivity index (χ2v) is 7.20. The van der Waals surface area contributed by atoms with Gasteiger partial charge in [-0.3, -0.25) is 14.6 Å². The first-order chi connectivity index (χ1) is 11.7. The number of halogens is 1. The van der Waals surface area contributed by atoms with Gasteiger partial charge in [0.05, 0.1) is 23.9 Å². The second kappa shape index (κ2) is 9.99. The molecule has 0 spiro atoms. The van der Waals surface area contributed by atoms with Crippen LogP contribution < -0.4 is 5.32 Å². The van der Waals surface area contributed by atoms with Gasteiger partial charge >= 0.3 is 0 Å². The molecular formula is C17H25ClN4O2S. The molecule has 1 aromatic rings. The van der Waals surface area contributed by atoms with Crippen molar-refractivity contribution in [2.24, 2.45) is 0 Å². The van der Waals surface area contributed by atoms with Crippen LogP contribution in [0.4, 0.5) is 0 Å². The van der Waals surface area contributed by atoms with E-state index in [-0.39, 0.29) is 36.8 Å². The Kier molecular flexibility index (Phi) is 7.99. The van der Waals surface area contributed by atoms with Crippen molar-refractivity contribution in [3.8, 4) is 0 Å². The maximum Gasteiger partial charge on any atom is 0.242 e. The van der Waals surface area contributed by atoms with Gasteiger partial charge in [0.25, 0.3) is 0 Å². The average Bonchev–Trinajstić information content (AvgIpc) is 2.85. The molecule has 6 nitrogen and oxygen atoms in total. The third kappa shape index (κ3) is 5.59. The normalized spacial score (nSPS) is 20.7. The summed E-state index contributed by atoms with van der Waals surface area (Å²) in [7, 11) is 0. The summed E-state index contributed by atoms with van der Waals surface area (Å²) in [6.07, 6.45) is 4.76. The van der Waals surface area contributed by atoms with Crippen LogP contribution >= 0.6 is 24.2 Å². The minimum atomic E-state index is 0. The zero-order chi connectivity index (χ0) is 16.8. The number of carbonyl (C=O) groups is 2. The van der Waals surface area contributed by atoms with Crippen LogP contribution in [-0.2, 0) is 16.1 Å². The van der Waals surface area contributed by atoms with Crippen LogP contribution in [0.3, 0.4) is 0 Å². The van der Waals surface area contributed by atoms with Crippen LogP contribution in [-0.4, -0.2) is 63.9 Å². The molecule has 138 valence electrons. The molecule has 8 heteroatoms. The van der Waals surface area contributed by atoms with Crippen LogP contribution in [0.1, 0.15) is 25.0 Å². The zero-order valence-electron chi connectivity index (χ0n) is 14.2. The molecule has 2 saturated heterocycles. The lowest BCUT2D eigenvalue weighted by Crippen LogP contribution is -2.46. The van der Waals surface area contributed by atoms with Crippen molar-refractivity contribution in [3.05, 3.63) is 30.1 Å². The lowest BCUT2D eigenvalue weighted by Gasteiger charge is -2.32. The maximum absolute atomic E-state index is 12.9. The number of amides is 2. The van der Waals surface area contributed by atoms with Gasteiger partial charge in [0.15, 0.2) is 0 Å². The highest BCUT2D eigenvalue weighted by Gasteiger charge is 2.29. The topological polar surface area (TPSA) is 65.5 Å². The number of hydrogen-bond acceptors (Lipinski definition) is 5. The number of rotatable bonds is 5. The zero-order valence-corrected chi connectivity index (χ0v) is 15.9. The highest BCUT2D eigenvalue weighted by molar-refractivity contribution is 8.00. The largest absolute Gasteiger partial charge is 0.332 e. The highest BCUT2D eigenvalue weighted by Crippen LogP contribution is 2.19. The molecule has 1 atom stereocenters.